The maximum atomic E-state index is 13.5. The van der Waals surface area contributed by atoms with Crippen molar-refractivity contribution >= 4 is 61.0 Å². The normalized spacial score (nSPS) is 27.1. The number of aryl methyl sites for hydroxylation is 2. The summed E-state index contributed by atoms with van der Waals surface area (Å²) in [6.07, 6.45) is 2.04. The summed E-state index contributed by atoms with van der Waals surface area (Å²) in [5.41, 5.74) is 7.24. The molecule has 1 fully saturated rings. The third kappa shape index (κ3) is 2.29. The van der Waals surface area contributed by atoms with E-state index in [1.165, 1.54) is 22.0 Å². The standard InChI is InChI=1S/C30H28ClN3O2/c1-14-5-7-17-21(11-14)33-24-13-20(32-4)15(2)30(3,36-24)34-22-12-16(31)6-8-18(22)25-19-9-10-23(35)26(19)27(17)28(33)29(25)34/h5-8,11-12,15,20,24,32H,9-10,13H2,1-4H3/t15-,20-,24-,30+/m1/s1. The number of fused-ring (bicyclic) bond motifs is 13. The average Bonchev–Trinajstić information content (AvgIpc) is 3.47. The van der Waals surface area contributed by atoms with Crippen molar-refractivity contribution in [2.45, 2.75) is 58.0 Å². The van der Waals surface area contributed by atoms with E-state index in [0.29, 0.717) is 11.4 Å². The SMILES string of the molecule is CN[C@@H]1C[C@H]2O[C@@](C)([C@@H]1C)n1c3cc(Cl)ccc3c3c4c(c5c6ccc(C)cc6n2c5c31)C(=O)CC4. The largest absolute Gasteiger partial charge is 0.332 e. The van der Waals surface area contributed by atoms with Crippen molar-refractivity contribution in [2.75, 3.05) is 7.05 Å². The Morgan fingerprint density at radius 3 is 2.64 bits per heavy atom. The minimum absolute atomic E-state index is 0.155. The first kappa shape index (κ1) is 21.2. The molecule has 5 nitrogen and oxygen atoms in total. The maximum Gasteiger partial charge on any atom is 0.164 e. The predicted octanol–water partition coefficient (Wildman–Crippen LogP) is 6.82. The van der Waals surface area contributed by atoms with Crippen molar-refractivity contribution in [3.8, 4) is 0 Å². The fraction of sp³-hybridized carbons (Fsp3) is 0.367. The van der Waals surface area contributed by atoms with Crippen LogP contribution in [0.1, 0.15) is 54.4 Å². The van der Waals surface area contributed by atoms with Crippen LogP contribution >= 0.6 is 11.6 Å². The van der Waals surface area contributed by atoms with E-state index in [2.05, 4.69) is 72.6 Å². The molecule has 0 amide bonds. The van der Waals surface area contributed by atoms with E-state index in [1.54, 1.807) is 0 Å². The molecule has 182 valence electrons. The van der Waals surface area contributed by atoms with Gasteiger partial charge in [0.15, 0.2) is 5.78 Å². The van der Waals surface area contributed by atoms with Crippen LogP contribution in [0, 0.1) is 12.8 Å². The maximum absolute atomic E-state index is 13.5. The number of rotatable bonds is 1. The minimum Gasteiger partial charge on any atom is -0.332 e. The molecule has 0 unspecified atom stereocenters. The smallest absolute Gasteiger partial charge is 0.164 e. The Morgan fingerprint density at radius 1 is 1.06 bits per heavy atom. The highest BCUT2D eigenvalue weighted by Gasteiger charge is 2.50. The summed E-state index contributed by atoms with van der Waals surface area (Å²) in [6, 6.07) is 13.1. The molecule has 1 aliphatic carbocycles. The molecule has 1 N–H and O–H groups in total. The van der Waals surface area contributed by atoms with Gasteiger partial charge in [-0.05, 0) is 56.6 Å². The van der Waals surface area contributed by atoms with Crippen LogP contribution in [0.5, 0.6) is 0 Å². The van der Waals surface area contributed by atoms with Crippen LogP contribution in [-0.4, -0.2) is 28.0 Å². The lowest BCUT2D eigenvalue weighted by atomic mass is 9.85. The van der Waals surface area contributed by atoms with E-state index in [4.69, 9.17) is 16.3 Å². The van der Waals surface area contributed by atoms with Crippen molar-refractivity contribution in [2.24, 2.45) is 5.92 Å². The molecular formula is C30H28ClN3O2. The molecule has 5 aromatic rings. The third-order valence-electron chi connectivity index (χ3n) is 9.43. The second-order valence-corrected chi connectivity index (χ2v) is 11.6. The Balaban J connectivity index is 1.74. The molecule has 8 rings (SSSR count). The van der Waals surface area contributed by atoms with Crippen LogP contribution in [0.15, 0.2) is 36.4 Å². The fourth-order valence-electron chi connectivity index (χ4n) is 7.66. The first-order valence-electron chi connectivity index (χ1n) is 12.9. The van der Waals surface area contributed by atoms with Gasteiger partial charge in [0.2, 0.25) is 0 Å². The summed E-state index contributed by atoms with van der Waals surface area (Å²) in [5.74, 6) is 0.460. The van der Waals surface area contributed by atoms with Crippen LogP contribution in [0.2, 0.25) is 5.02 Å². The van der Waals surface area contributed by atoms with Gasteiger partial charge < -0.3 is 19.2 Å². The molecule has 4 heterocycles. The minimum atomic E-state index is -0.597. The number of ether oxygens (including phenoxy) is 1. The molecule has 2 aromatic heterocycles. The number of ketones is 1. The lowest BCUT2D eigenvalue weighted by molar-refractivity contribution is -0.224. The molecule has 0 saturated carbocycles. The number of carbonyl (C=O) groups excluding carboxylic acids is 1. The topological polar surface area (TPSA) is 48.2 Å². The van der Waals surface area contributed by atoms with Crippen LogP contribution in [0.3, 0.4) is 0 Å². The molecule has 2 bridgehead atoms. The van der Waals surface area contributed by atoms with Gasteiger partial charge in [-0.3, -0.25) is 4.79 Å². The number of hydrogen-bond donors (Lipinski definition) is 1. The Bertz CT molecular complexity index is 1830. The quantitative estimate of drug-likeness (QED) is 0.276. The zero-order chi connectivity index (χ0) is 24.7. The van der Waals surface area contributed by atoms with Crippen molar-refractivity contribution < 1.29 is 9.53 Å². The molecular weight excluding hydrogens is 470 g/mol. The third-order valence-corrected chi connectivity index (χ3v) is 9.67. The van der Waals surface area contributed by atoms with Gasteiger partial charge in [0.05, 0.1) is 22.1 Å². The highest BCUT2D eigenvalue weighted by Crippen LogP contribution is 2.55. The number of halogens is 1. The Hall–Kier alpha value is -2.86. The number of aromatic nitrogens is 2. The number of Topliss-reactive ketones (excluding diaryl/α,β-unsaturated/α-hetero) is 1. The molecule has 3 aromatic carbocycles. The number of nitrogens with zero attached hydrogens (tertiary/aromatic N) is 2. The summed E-state index contributed by atoms with van der Waals surface area (Å²) in [4.78, 5) is 13.5. The second-order valence-electron chi connectivity index (χ2n) is 11.2. The van der Waals surface area contributed by atoms with Gasteiger partial charge in [0.1, 0.15) is 12.0 Å². The van der Waals surface area contributed by atoms with Gasteiger partial charge in [-0.2, -0.15) is 0 Å². The summed E-state index contributed by atoms with van der Waals surface area (Å²) in [5, 5.41) is 8.89. The van der Waals surface area contributed by atoms with Crippen molar-refractivity contribution in [3.05, 3.63) is 58.1 Å². The zero-order valence-corrected chi connectivity index (χ0v) is 21.7. The van der Waals surface area contributed by atoms with E-state index >= 15 is 0 Å². The van der Waals surface area contributed by atoms with E-state index < -0.39 is 5.72 Å². The first-order chi connectivity index (χ1) is 17.3. The molecule has 2 aliphatic heterocycles. The molecule has 3 aliphatic rings. The summed E-state index contributed by atoms with van der Waals surface area (Å²) >= 11 is 6.62. The number of benzene rings is 3. The molecule has 4 atom stereocenters. The van der Waals surface area contributed by atoms with Crippen LogP contribution < -0.4 is 5.32 Å². The van der Waals surface area contributed by atoms with Gasteiger partial charge in [-0.25, -0.2) is 0 Å². The van der Waals surface area contributed by atoms with Gasteiger partial charge in [-0.15, -0.1) is 0 Å². The van der Waals surface area contributed by atoms with Gasteiger partial charge >= 0.3 is 0 Å². The molecule has 0 spiro atoms. The van der Waals surface area contributed by atoms with Gasteiger partial charge in [-0.1, -0.05) is 36.7 Å². The van der Waals surface area contributed by atoms with Crippen LogP contribution in [-0.2, 0) is 16.9 Å². The number of hydrogen-bond acceptors (Lipinski definition) is 3. The molecule has 1 saturated heterocycles. The fourth-order valence-corrected chi connectivity index (χ4v) is 7.83. The molecule has 36 heavy (non-hydrogen) atoms. The Morgan fingerprint density at radius 2 is 1.83 bits per heavy atom. The van der Waals surface area contributed by atoms with E-state index in [0.717, 1.165) is 51.1 Å². The number of carbonyl (C=O) groups is 1. The lowest BCUT2D eigenvalue weighted by Crippen LogP contribution is -2.54. The van der Waals surface area contributed by atoms with E-state index in [-0.39, 0.29) is 24.0 Å². The van der Waals surface area contributed by atoms with Crippen LogP contribution in [0.25, 0.3) is 43.6 Å². The van der Waals surface area contributed by atoms with E-state index in [1.807, 2.05) is 6.07 Å². The van der Waals surface area contributed by atoms with Crippen molar-refractivity contribution in [1.29, 1.82) is 0 Å². The Kier molecular flexibility index (Phi) is 3.96. The van der Waals surface area contributed by atoms with Gasteiger partial charge in [0.25, 0.3) is 0 Å². The first-order valence-corrected chi connectivity index (χ1v) is 13.3. The molecule has 0 radical (unpaired) electrons. The summed E-state index contributed by atoms with van der Waals surface area (Å²) < 4.78 is 12.0. The van der Waals surface area contributed by atoms with E-state index in [9.17, 15) is 4.79 Å². The van der Waals surface area contributed by atoms with Crippen molar-refractivity contribution in [3.63, 3.8) is 0 Å². The highest BCUT2D eigenvalue weighted by molar-refractivity contribution is 6.33. The van der Waals surface area contributed by atoms with Gasteiger partial charge in [0, 0.05) is 56.9 Å². The number of nitrogens with one attached hydrogen (secondary N) is 1. The highest BCUT2D eigenvalue weighted by atomic mass is 35.5. The molecule has 6 heteroatoms. The zero-order valence-electron chi connectivity index (χ0n) is 20.9. The Labute approximate surface area is 213 Å². The van der Waals surface area contributed by atoms with Crippen LogP contribution in [0.4, 0.5) is 0 Å². The predicted molar refractivity (Wildman–Crippen MR) is 145 cm³/mol. The summed E-state index contributed by atoms with van der Waals surface area (Å²) in [7, 11) is 2.05. The monoisotopic (exact) mass is 497 g/mol. The average molecular weight is 498 g/mol. The lowest BCUT2D eigenvalue weighted by Gasteiger charge is -2.48. The second kappa shape index (κ2) is 6.71. The van der Waals surface area contributed by atoms with Crippen molar-refractivity contribution in [1.82, 2.24) is 14.5 Å². The summed E-state index contributed by atoms with van der Waals surface area (Å²) in [6.45, 7) is 6.66.